The number of hydrogen-bond acceptors (Lipinski definition) is 3. The van der Waals surface area contributed by atoms with Crippen LogP contribution in [-0.4, -0.2) is 37.1 Å². The molecule has 20 heavy (non-hydrogen) atoms. The van der Waals surface area contributed by atoms with Crippen LogP contribution in [0, 0.1) is 0 Å². The molecule has 4 heteroatoms. The Morgan fingerprint density at radius 2 is 1.95 bits per heavy atom. The maximum absolute atomic E-state index is 12.5. The number of ether oxygens (including phenoxy) is 2. The first-order valence-electron chi connectivity index (χ1n) is 7.34. The first-order chi connectivity index (χ1) is 9.74. The minimum atomic E-state index is -0.403. The zero-order valence-corrected chi connectivity index (χ0v) is 12.3. The fourth-order valence-corrected chi connectivity index (χ4v) is 2.47. The number of carbonyl (C=O) groups excluding carboxylic acids is 1. The van der Waals surface area contributed by atoms with Gasteiger partial charge in [0.1, 0.15) is 11.5 Å². The number of carbonyl (C=O) groups is 1. The van der Waals surface area contributed by atoms with Crippen molar-refractivity contribution < 1.29 is 14.3 Å². The Labute approximate surface area is 120 Å². The Morgan fingerprint density at radius 3 is 2.60 bits per heavy atom. The van der Waals surface area contributed by atoms with Gasteiger partial charge >= 0.3 is 0 Å². The summed E-state index contributed by atoms with van der Waals surface area (Å²) in [7, 11) is 1.62. The van der Waals surface area contributed by atoms with Crippen molar-refractivity contribution in [1.82, 2.24) is 4.90 Å². The number of methoxy groups -OCH3 is 1. The number of amides is 1. The second kappa shape index (κ2) is 7.17. The third-order valence-corrected chi connectivity index (χ3v) is 3.63. The summed E-state index contributed by atoms with van der Waals surface area (Å²) in [4.78, 5) is 14.4. The van der Waals surface area contributed by atoms with Crippen LogP contribution in [0.2, 0.25) is 0 Å². The number of benzene rings is 1. The molecule has 0 unspecified atom stereocenters. The molecular weight excluding hydrogens is 254 g/mol. The van der Waals surface area contributed by atoms with Crippen LogP contribution in [-0.2, 0) is 4.79 Å². The third-order valence-electron chi connectivity index (χ3n) is 3.63. The number of nitrogens with zero attached hydrogens (tertiary/aromatic N) is 1. The van der Waals surface area contributed by atoms with Crippen LogP contribution in [0.15, 0.2) is 24.3 Å². The van der Waals surface area contributed by atoms with Gasteiger partial charge in [-0.2, -0.15) is 0 Å². The summed E-state index contributed by atoms with van der Waals surface area (Å²) >= 11 is 0. The van der Waals surface area contributed by atoms with E-state index in [0.717, 1.165) is 31.7 Å². The molecule has 110 valence electrons. The highest BCUT2D eigenvalue weighted by Crippen LogP contribution is 2.22. The van der Waals surface area contributed by atoms with Gasteiger partial charge in [0, 0.05) is 19.2 Å². The van der Waals surface area contributed by atoms with Gasteiger partial charge in [0.05, 0.1) is 7.11 Å². The van der Waals surface area contributed by atoms with E-state index in [1.807, 2.05) is 36.1 Å². The van der Waals surface area contributed by atoms with E-state index in [1.165, 1.54) is 6.42 Å². The number of hydrogen-bond donors (Lipinski definition) is 0. The molecule has 1 aliphatic heterocycles. The molecule has 4 nitrogen and oxygen atoms in total. The average Bonchev–Trinajstić information content (AvgIpc) is 2.53. The molecule has 0 aromatic heterocycles. The highest BCUT2D eigenvalue weighted by Gasteiger charge is 2.25. The first-order valence-corrected chi connectivity index (χ1v) is 7.34. The minimum Gasteiger partial charge on any atom is -0.497 e. The van der Waals surface area contributed by atoms with E-state index in [0.29, 0.717) is 12.2 Å². The molecule has 1 amide bonds. The zero-order valence-electron chi connectivity index (χ0n) is 12.3. The summed E-state index contributed by atoms with van der Waals surface area (Å²) in [6.07, 6.45) is 3.69. The maximum atomic E-state index is 12.5. The second-order valence-corrected chi connectivity index (χ2v) is 5.08. The molecule has 1 saturated heterocycles. The van der Waals surface area contributed by atoms with Crippen molar-refractivity contribution >= 4 is 5.91 Å². The molecule has 0 spiro atoms. The molecule has 0 aliphatic carbocycles. The summed E-state index contributed by atoms with van der Waals surface area (Å²) < 4.78 is 11.0. The van der Waals surface area contributed by atoms with Gasteiger partial charge in [0.2, 0.25) is 0 Å². The molecule has 1 aromatic rings. The van der Waals surface area contributed by atoms with Gasteiger partial charge in [0.25, 0.3) is 5.91 Å². The van der Waals surface area contributed by atoms with Crippen LogP contribution < -0.4 is 9.47 Å². The Bertz CT molecular complexity index is 441. The molecule has 0 radical (unpaired) electrons. The Balaban J connectivity index is 2.01. The standard InChI is InChI=1S/C16H23NO3/c1-3-15(16(18)17-10-5-4-6-11-17)20-14-9-7-8-13(12-14)19-2/h7-9,12,15H,3-6,10-11H2,1-2H3/t15-/m0/s1. The van der Waals surface area contributed by atoms with Crippen molar-refractivity contribution in [3.8, 4) is 11.5 Å². The predicted molar refractivity (Wildman–Crippen MR) is 78.1 cm³/mol. The van der Waals surface area contributed by atoms with E-state index >= 15 is 0 Å². The summed E-state index contributed by atoms with van der Waals surface area (Å²) in [5, 5.41) is 0. The van der Waals surface area contributed by atoms with Crippen LogP contribution >= 0.6 is 0 Å². The van der Waals surface area contributed by atoms with Gasteiger partial charge in [0.15, 0.2) is 6.10 Å². The summed E-state index contributed by atoms with van der Waals surface area (Å²) in [5.41, 5.74) is 0. The molecule has 1 fully saturated rings. The average molecular weight is 277 g/mol. The number of likely N-dealkylation sites (tertiary alicyclic amines) is 1. The highest BCUT2D eigenvalue weighted by atomic mass is 16.5. The molecule has 1 aromatic carbocycles. The van der Waals surface area contributed by atoms with Crippen LogP contribution in [0.25, 0.3) is 0 Å². The van der Waals surface area contributed by atoms with Crippen LogP contribution in [0.3, 0.4) is 0 Å². The van der Waals surface area contributed by atoms with E-state index in [2.05, 4.69) is 0 Å². The lowest BCUT2D eigenvalue weighted by Gasteiger charge is -2.30. The van der Waals surface area contributed by atoms with E-state index < -0.39 is 6.10 Å². The van der Waals surface area contributed by atoms with Crippen molar-refractivity contribution in [2.45, 2.75) is 38.7 Å². The first kappa shape index (κ1) is 14.7. The molecular formula is C16H23NO3. The zero-order chi connectivity index (χ0) is 14.4. The van der Waals surface area contributed by atoms with E-state index in [9.17, 15) is 4.79 Å². The lowest BCUT2D eigenvalue weighted by atomic mass is 10.1. The minimum absolute atomic E-state index is 0.106. The van der Waals surface area contributed by atoms with Crippen LogP contribution in [0.1, 0.15) is 32.6 Å². The molecule has 1 aliphatic rings. The van der Waals surface area contributed by atoms with Crippen molar-refractivity contribution in [2.75, 3.05) is 20.2 Å². The van der Waals surface area contributed by atoms with Crippen LogP contribution in [0.5, 0.6) is 11.5 Å². The quantitative estimate of drug-likeness (QED) is 0.830. The molecule has 1 atom stereocenters. The van der Waals surface area contributed by atoms with Gasteiger partial charge in [-0.05, 0) is 37.8 Å². The van der Waals surface area contributed by atoms with Crippen molar-refractivity contribution in [3.05, 3.63) is 24.3 Å². The fourth-order valence-electron chi connectivity index (χ4n) is 2.47. The molecule has 0 saturated carbocycles. The molecule has 2 rings (SSSR count). The van der Waals surface area contributed by atoms with E-state index in [-0.39, 0.29) is 5.91 Å². The predicted octanol–water partition coefficient (Wildman–Crippen LogP) is 2.87. The Kier molecular flexibility index (Phi) is 5.27. The van der Waals surface area contributed by atoms with Gasteiger partial charge < -0.3 is 14.4 Å². The summed E-state index contributed by atoms with van der Waals surface area (Å²) in [6, 6.07) is 7.40. The summed E-state index contributed by atoms with van der Waals surface area (Å²) in [5.74, 6) is 1.53. The van der Waals surface area contributed by atoms with E-state index in [4.69, 9.17) is 9.47 Å². The van der Waals surface area contributed by atoms with Gasteiger partial charge in [-0.1, -0.05) is 13.0 Å². The lowest BCUT2D eigenvalue weighted by Crippen LogP contribution is -2.44. The SMILES string of the molecule is CC[C@H](Oc1cccc(OC)c1)C(=O)N1CCCCC1. The van der Waals surface area contributed by atoms with Crippen LogP contribution in [0.4, 0.5) is 0 Å². The fraction of sp³-hybridized carbons (Fsp3) is 0.562. The Hall–Kier alpha value is -1.71. The number of rotatable bonds is 5. The molecule has 0 bridgehead atoms. The van der Waals surface area contributed by atoms with Gasteiger partial charge in [-0.25, -0.2) is 0 Å². The normalized spacial score (nSPS) is 16.6. The van der Waals surface area contributed by atoms with Crippen molar-refractivity contribution in [3.63, 3.8) is 0 Å². The van der Waals surface area contributed by atoms with E-state index in [1.54, 1.807) is 7.11 Å². The van der Waals surface area contributed by atoms with Gasteiger partial charge in [-0.3, -0.25) is 4.79 Å². The number of piperidine rings is 1. The topological polar surface area (TPSA) is 38.8 Å². The van der Waals surface area contributed by atoms with Crippen molar-refractivity contribution in [1.29, 1.82) is 0 Å². The monoisotopic (exact) mass is 277 g/mol. The maximum Gasteiger partial charge on any atom is 0.263 e. The Morgan fingerprint density at radius 1 is 1.25 bits per heavy atom. The van der Waals surface area contributed by atoms with Gasteiger partial charge in [-0.15, -0.1) is 0 Å². The lowest BCUT2D eigenvalue weighted by molar-refractivity contribution is -0.139. The molecule has 1 heterocycles. The summed E-state index contributed by atoms with van der Waals surface area (Å²) in [6.45, 7) is 3.69. The largest absolute Gasteiger partial charge is 0.497 e. The second-order valence-electron chi connectivity index (χ2n) is 5.08. The smallest absolute Gasteiger partial charge is 0.263 e. The highest BCUT2D eigenvalue weighted by molar-refractivity contribution is 5.81. The third kappa shape index (κ3) is 3.65. The van der Waals surface area contributed by atoms with Crippen molar-refractivity contribution in [2.24, 2.45) is 0 Å². The molecule has 0 N–H and O–H groups in total.